The minimum Gasteiger partial charge on any atom is -0.376 e. The van der Waals surface area contributed by atoms with E-state index in [0.29, 0.717) is 22.5 Å². The molecule has 2 aromatic rings. The number of benzene rings is 2. The van der Waals surface area contributed by atoms with Crippen LogP contribution in [-0.4, -0.2) is 24.4 Å². The molecular formula is C19H18N4O2. The fraction of sp³-hybridized carbons (Fsp3) is 0.211. The zero-order valence-electron chi connectivity index (χ0n) is 13.6. The molecular weight excluding hydrogens is 316 g/mol. The van der Waals surface area contributed by atoms with Gasteiger partial charge in [-0.25, -0.2) is 0 Å². The van der Waals surface area contributed by atoms with Crippen LogP contribution in [0.2, 0.25) is 0 Å². The number of carbonyl (C=O) groups is 2. The quantitative estimate of drug-likeness (QED) is 0.756. The summed E-state index contributed by atoms with van der Waals surface area (Å²) in [5, 5.41) is 17.5. The molecule has 6 heteroatoms. The molecule has 0 unspecified atom stereocenters. The van der Waals surface area contributed by atoms with Crippen molar-refractivity contribution < 1.29 is 9.59 Å². The molecule has 1 aliphatic carbocycles. The average Bonchev–Trinajstić information content (AvgIpc) is 3.44. The highest BCUT2D eigenvalue weighted by atomic mass is 16.2. The van der Waals surface area contributed by atoms with Crippen molar-refractivity contribution in [3.63, 3.8) is 0 Å². The molecule has 6 nitrogen and oxygen atoms in total. The van der Waals surface area contributed by atoms with Crippen molar-refractivity contribution in [2.75, 3.05) is 17.2 Å². The Kier molecular flexibility index (Phi) is 4.95. The molecule has 3 rings (SSSR count). The van der Waals surface area contributed by atoms with E-state index in [1.165, 1.54) is 0 Å². The molecule has 1 aliphatic rings. The third kappa shape index (κ3) is 4.58. The summed E-state index contributed by atoms with van der Waals surface area (Å²) in [4.78, 5) is 24.3. The molecule has 0 bridgehead atoms. The predicted octanol–water partition coefficient (Wildman–Crippen LogP) is 2.50. The van der Waals surface area contributed by atoms with Gasteiger partial charge in [-0.1, -0.05) is 18.2 Å². The van der Waals surface area contributed by atoms with Gasteiger partial charge in [0.15, 0.2) is 0 Å². The van der Waals surface area contributed by atoms with Crippen molar-refractivity contribution >= 4 is 23.2 Å². The van der Waals surface area contributed by atoms with Crippen molar-refractivity contribution in [1.82, 2.24) is 5.32 Å². The lowest BCUT2D eigenvalue weighted by Crippen LogP contribution is -2.27. The van der Waals surface area contributed by atoms with Crippen molar-refractivity contribution in [2.24, 2.45) is 0 Å². The zero-order chi connectivity index (χ0) is 17.6. The van der Waals surface area contributed by atoms with Crippen molar-refractivity contribution in [2.45, 2.75) is 18.9 Å². The van der Waals surface area contributed by atoms with Gasteiger partial charge in [0.2, 0.25) is 5.91 Å². The molecule has 25 heavy (non-hydrogen) atoms. The van der Waals surface area contributed by atoms with Crippen LogP contribution in [0.1, 0.15) is 28.8 Å². The zero-order valence-corrected chi connectivity index (χ0v) is 13.6. The maximum Gasteiger partial charge on any atom is 0.253 e. The molecule has 2 amide bonds. The summed E-state index contributed by atoms with van der Waals surface area (Å²) in [6, 6.07) is 16.1. The van der Waals surface area contributed by atoms with Crippen LogP contribution in [0.5, 0.6) is 0 Å². The first-order chi connectivity index (χ1) is 12.2. The predicted molar refractivity (Wildman–Crippen MR) is 95.2 cm³/mol. The van der Waals surface area contributed by atoms with Gasteiger partial charge in [0.1, 0.15) is 0 Å². The molecule has 3 N–H and O–H groups in total. The first-order valence-electron chi connectivity index (χ1n) is 8.09. The normalized spacial score (nSPS) is 12.8. The van der Waals surface area contributed by atoms with E-state index in [9.17, 15) is 9.59 Å². The topological polar surface area (TPSA) is 94.0 Å². The summed E-state index contributed by atoms with van der Waals surface area (Å²) >= 11 is 0. The van der Waals surface area contributed by atoms with Gasteiger partial charge in [-0.2, -0.15) is 5.26 Å². The third-order valence-corrected chi connectivity index (χ3v) is 3.80. The smallest absolute Gasteiger partial charge is 0.253 e. The van der Waals surface area contributed by atoms with Gasteiger partial charge in [-0.3, -0.25) is 9.59 Å². The number of nitrogens with one attached hydrogen (secondary N) is 3. The number of para-hydroxylation sites is 1. The Morgan fingerprint density at radius 1 is 1.12 bits per heavy atom. The summed E-state index contributed by atoms with van der Waals surface area (Å²) < 4.78 is 0. The Labute approximate surface area is 145 Å². The van der Waals surface area contributed by atoms with E-state index >= 15 is 0 Å². The third-order valence-electron chi connectivity index (χ3n) is 3.80. The number of carbonyl (C=O) groups excluding carboxylic acids is 2. The van der Waals surface area contributed by atoms with E-state index in [0.717, 1.165) is 12.8 Å². The second-order valence-electron chi connectivity index (χ2n) is 5.89. The van der Waals surface area contributed by atoms with Gasteiger partial charge in [0.05, 0.1) is 23.7 Å². The summed E-state index contributed by atoms with van der Waals surface area (Å²) in [7, 11) is 0. The molecule has 1 saturated carbocycles. The van der Waals surface area contributed by atoms with Crippen LogP contribution in [0.15, 0.2) is 48.5 Å². The Morgan fingerprint density at radius 3 is 2.68 bits per heavy atom. The first kappa shape index (κ1) is 16.5. The SMILES string of the molecule is N#Cc1cccc(NC(=O)CNc2ccccc2C(=O)NC2CC2)c1. The molecule has 0 heterocycles. The Balaban J connectivity index is 1.60. The van der Waals surface area contributed by atoms with Crippen LogP contribution in [0.25, 0.3) is 0 Å². The fourth-order valence-electron chi connectivity index (χ4n) is 2.37. The molecule has 0 radical (unpaired) electrons. The van der Waals surface area contributed by atoms with E-state index < -0.39 is 0 Å². The van der Waals surface area contributed by atoms with Crippen LogP contribution in [0.3, 0.4) is 0 Å². The minimum absolute atomic E-state index is 0.0184. The average molecular weight is 334 g/mol. The number of hydrogen-bond donors (Lipinski definition) is 3. The molecule has 0 spiro atoms. The molecule has 0 atom stereocenters. The number of hydrogen-bond acceptors (Lipinski definition) is 4. The number of amides is 2. The highest BCUT2D eigenvalue weighted by Crippen LogP contribution is 2.21. The van der Waals surface area contributed by atoms with Gasteiger partial charge in [-0.05, 0) is 43.2 Å². The Hall–Kier alpha value is -3.33. The lowest BCUT2D eigenvalue weighted by Gasteiger charge is -2.12. The summed E-state index contributed by atoms with van der Waals surface area (Å²) in [6.07, 6.45) is 2.04. The molecule has 1 fully saturated rings. The van der Waals surface area contributed by atoms with Crippen LogP contribution < -0.4 is 16.0 Å². The number of nitrogens with zero attached hydrogens (tertiary/aromatic N) is 1. The van der Waals surface area contributed by atoms with Crippen molar-refractivity contribution in [3.05, 3.63) is 59.7 Å². The van der Waals surface area contributed by atoms with Gasteiger partial charge in [0.25, 0.3) is 5.91 Å². The second-order valence-corrected chi connectivity index (χ2v) is 5.89. The first-order valence-corrected chi connectivity index (χ1v) is 8.09. The van der Waals surface area contributed by atoms with Crippen molar-refractivity contribution in [3.8, 4) is 6.07 Å². The lowest BCUT2D eigenvalue weighted by molar-refractivity contribution is -0.114. The van der Waals surface area contributed by atoms with Crippen LogP contribution in [0, 0.1) is 11.3 Å². The number of nitriles is 1. The van der Waals surface area contributed by atoms with E-state index in [4.69, 9.17) is 5.26 Å². The molecule has 0 saturated heterocycles. The van der Waals surface area contributed by atoms with E-state index in [1.807, 2.05) is 12.1 Å². The number of rotatable bonds is 6. The van der Waals surface area contributed by atoms with Gasteiger partial charge in [0, 0.05) is 17.4 Å². The Bertz CT molecular complexity index is 837. The fourth-order valence-corrected chi connectivity index (χ4v) is 2.37. The second kappa shape index (κ2) is 7.49. The summed E-state index contributed by atoms with van der Waals surface area (Å²) in [6.45, 7) is 0.0184. The summed E-state index contributed by atoms with van der Waals surface area (Å²) in [5.74, 6) is -0.389. The highest BCUT2D eigenvalue weighted by Gasteiger charge is 2.24. The van der Waals surface area contributed by atoms with E-state index in [1.54, 1.807) is 42.5 Å². The van der Waals surface area contributed by atoms with E-state index in [2.05, 4.69) is 16.0 Å². The molecule has 0 aromatic heterocycles. The number of anilines is 2. The largest absolute Gasteiger partial charge is 0.376 e. The molecule has 2 aromatic carbocycles. The molecule has 0 aliphatic heterocycles. The van der Waals surface area contributed by atoms with Crippen LogP contribution >= 0.6 is 0 Å². The van der Waals surface area contributed by atoms with Gasteiger partial charge >= 0.3 is 0 Å². The minimum atomic E-state index is -0.257. The van der Waals surface area contributed by atoms with E-state index in [-0.39, 0.29) is 24.4 Å². The molecule has 126 valence electrons. The maximum absolute atomic E-state index is 12.2. The standard InChI is InChI=1S/C19H18N4O2/c20-11-13-4-3-5-15(10-13)22-18(24)12-21-17-7-2-1-6-16(17)19(25)23-14-8-9-14/h1-7,10,14,21H,8-9,12H2,(H,22,24)(H,23,25). The lowest BCUT2D eigenvalue weighted by atomic mass is 10.1. The maximum atomic E-state index is 12.2. The van der Waals surface area contributed by atoms with Gasteiger partial charge < -0.3 is 16.0 Å². The van der Waals surface area contributed by atoms with Crippen LogP contribution in [-0.2, 0) is 4.79 Å². The van der Waals surface area contributed by atoms with Crippen molar-refractivity contribution in [1.29, 1.82) is 5.26 Å². The van der Waals surface area contributed by atoms with Gasteiger partial charge in [-0.15, -0.1) is 0 Å². The Morgan fingerprint density at radius 2 is 1.92 bits per heavy atom. The highest BCUT2D eigenvalue weighted by molar-refractivity contribution is 6.01. The summed E-state index contributed by atoms with van der Waals surface area (Å²) in [5.41, 5.74) is 2.17. The van der Waals surface area contributed by atoms with Crippen LogP contribution in [0.4, 0.5) is 11.4 Å². The monoisotopic (exact) mass is 334 g/mol.